The summed E-state index contributed by atoms with van der Waals surface area (Å²) in [4.78, 5) is 20.8. The van der Waals surface area contributed by atoms with Crippen molar-refractivity contribution in [2.45, 2.75) is 18.0 Å². The first-order valence-corrected chi connectivity index (χ1v) is 7.96. The molecule has 1 aromatic carbocycles. The highest BCUT2D eigenvalue weighted by molar-refractivity contribution is 7.85. The van der Waals surface area contributed by atoms with Crippen molar-refractivity contribution < 1.29 is 36.6 Å². The molecule has 0 aromatic heterocycles. The van der Waals surface area contributed by atoms with Crippen LogP contribution in [0.1, 0.15) is 12.5 Å². The maximum Gasteiger partial charge on any atom is 0.416 e. The number of ether oxygens (including phenoxy) is 2. The first-order chi connectivity index (χ1) is 11.2. The Bertz CT molecular complexity index is 635. The van der Waals surface area contributed by atoms with Gasteiger partial charge in [-0.1, -0.05) is 0 Å². The van der Waals surface area contributed by atoms with Crippen molar-refractivity contribution in [3.8, 4) is 0 Å². The highest BCUT2D eigenvalue weighted by Crippen LogP contribution is 2.34. The predicted molar refractivity (Wildman–Crippen MR) is 76.8 cm³/mol. The minimum Gasteiger partial charge on any atom is -0.463 e. The fourth-order valence-corrected chi connectivity index (χ4v) is 2.65. The average Bonchev–Trinajstić information content (AvgIpc) is 2.50. The first kappa shape index (κ1) is 20.0. The summed E-state index contributed by atoms with van der Waals surface area (Å²) in [5, 5.41) is 10.9. The molecule has 0 radical (unpaired) electrons. The van der Waals surface area contributed by atoms with E-state index in [2.05, 4.69) is 0 Å². The molecule has 0 spiro atoms. The molecule has 7 nitrogen and oxygen atoms in total. The Labute approximate surface area is 137 Å². The smallest absolute Gasteiger partial charge is 0.416 e. The second-order valence-electron chi connectivity index (χ2n) is 4.34. The Morgan fingerprint density at radius 3 is 2.54 bits per heavy atom. The fraction of sp³-hybridized carbons (Fsp3) is 0.462. The van der Waals surface area contributed by atoms with Gasteiger partial charge in [-0.2, -0.15) is 13.2 Å². The number of esters is 1. The molecule has 0 bridgehead atoms. The summed E-state index contributed by atoms with van der Waals surface area (Å²) < 4.78 is 59.4. The van der Waals surface area contributed by atoms with E-state index < -0.39 is 49.8 Å². The quantitative estimate of drug-likeness (QED) is 0.302. The van der Waals surface area contributed by atoms with Gasteiger partial charge in [0.1, 0.15) is 17.3 Å². The maximum absolute atomic E-state index is 12.6. The second-order valence-corrected chi connectivity index (χ2v) is 5.76. The third kappa shape index (κ3) is 5.89. The van der Waals surface area contributed by atoms with Crippen LogP contribution in [0.3, 0.4) is 0 Å². The zero-order valence-corrected chi connectivity index (χ0v) is 13.3. The van der Waals surface area contributed by atoms with Gasteiger partial charge in [0.25, 0.3) is 5.69 Å². The van der Waals surface area contributed by atoms with Gasteiger partial charge in [-0.15, -0.1) is 0 Å². The molecule has 24 heavy (non-hydrogen) atoms. The van der Waals surface area contributed by atoms with Gasteiger partial charge in [0.05, 0.1) is 27.9 Å². The molecule has 0 N–H and O–H groups in total. The van der Waals surface area contributed by atoms with E-state index in [-0.39, 0.29) is 19.3 Å². The van der Waals surface area contributed by atoms with Gasteiger partial charge >= 0.3 is 12.1 Å². The van der Waals surface area contributed by atoms with E-state index in [9.17, 15) is 32.3 Å². The predicted octanol–water partition coefficient (Wildman–Crippen LogP) is 2.30. The van der Waals surface area contributed by atoms with Gasteiger partial charge in [-0.05, 0) is 19.1 Å². The SMILES string of the molecule is CCOCCOC(=O)CS(=O)c1ccc(C(F)(F)F)cc1[N+](=O)[O-]. The molecule has 0 saturated heterocycles. The molecule has 1 rings (SSSR count). The van der Waals surface area contributed by atoms with Gasteiger partial charge in [-0.25, -0.2) is 0 Å². The molecule has 1 atom stereocenters. The minimum atomic E-state index is -4.77. The van der Waals surface area contributed by atoms with Crippen LogP contribution in [0.2, 0.25) is 0 Å². The fourth-order valence-electron chi connectivity index (χ4n) is 1.61. The van der Waals surface area contributed by atoms with Gasteiger partial charge < -0.3 is 9.47 Å². The van der Waals surface area contributed by atoms with Gasteiger partial charge in [0, 0.05) is 12.7 Å². The Morgan fingerprint density at radius 1 is 1.33 bits per heavy atom. The molecule has 1 aromatic rings. The summed E-state index contributed by atoms with van der Waals surface area (Å²) in [5.74, 6) is -1.61. The lowest BCUT2D eigenvalue weighted by Gasteiger charge is -2.09. The largest absolute Gasteiger partial charge is 0.463 e. The number of carbonyl (C=O) groups excluding carboxylic acids is 1. The Balaban J connectivity index is 2.86. The summed E-state index contributed by atoms with van der Waals surface area (Å²) >= 11 is 0. The van der Waals surface area contributed by atoms with Crippen molar-refractivity contribution in [3.05, 3.63) is 33.9 Å². The number of halogens is 3. The van der Waals surface area contributed by atoms with E-state index in [0.29, 0.717) is 12.7 Å². The van der Waals surface area contributed by atoms with Gasteiger partial charge in [0.2, 0.25) is 0 Å². The standard InChI is InChI=1S/C13H14F3NO6S/c1-2-22-5-6-23-12(18)8-24(21)11-4-3-9(13(14,15)16)7-10(11)17(19)20/h3-4,7H,2,5-6,8H2,1H3. The van der Waals surface area contributed by atoms with Crippen LogP contribution in [0.25, 0.3) is 0 Å². The van der Waals surface area contributed by atoms with E-state index >= 15 is 0 Å². The normalized spacial score (nSPS) is 12.7. The van der Waals surface area contributed by atoms with Crippen LogP contribution in [0.4, 0.5) is 18.9 Å². The maximum atomic E-state index is 12.6. The number of benzene rings is 1. The summed E-state index contributed by atoms with van der Waals surface area (Å²) in [6, 6.07) is 1.58. The monoisotopic (exact) mass is 369 g/mol. The molecule has 0 saturated carbocycles. The number of rotatable bonds is 8. The van der Waals surface area contributed by atoms with Gasteiger partial charge in [0.15, 0.2) is 0 Å². The number of hydrogen-bond donors (Lipinski definition) is 0. The molecule has 11 heteroatoms. The van der Waals surface area contributed by atoms with Crippen molar-refractivity contribution in [3.63, 3.8) is 0 Å². The molecular weight excluding hydrogens is 355 g/mol. The van der Waals surface area contributed by atoms with Crippen molar-refractivity contribution in [2.75, 3.05) is 25.6 Å². The van der Waals surface area contributed by atoms with Crippen LogP contribution in [0.15, 0.2) is 23.1 Å². The summed E-state index contributed by atoms with van der Waals surface area (Å²) in [5.41, 5.74) is -2.21. The van der Waals surface area contributed by atoms with E-state index in [1.807, 2.05) is 0 Å². The van der Waals surface area contributed by atoms with Crippen molar-refractivity contribution >= 4 is 22.5 Å². The van der Waals surface area contributed by atoms with Crippen LogP contribution < -0.4 is 0 Å². The third-order valence-electron chi connectivity index (χ3n) is 2.67. The lowest BCUT2D eigenvalue weighted by molar-refractivity contribution is -0.388. The number of nitro benzene ring substituents is 1. The number of carbonyl (C=O) groups is 1. The molecule has 0 aliphatic rings. The molecule has 0 amide bonds. The van der Waals surface area contributed by atoms with Crippen LogP contribution in [-0.2, 0) is 31.2 Å². The molecule has 1 unspecified atom stereocenters. The molecule has 0 aliphatic carbocycles. The Kier molecular flexibility index (Phi) is 7.29. The third-order valence-corrected chi connectivity index (χ3v) is 4.01. The Hall–Kier alpha value is -2.01. The molecule has 0 heterocycles. The number of nitro groups is 1. The highest BCUT2D eigenvalue weighted by Gasteiger charge is 2.34. The summed E-state index contributed by atoms with van der Waals surface area (Å²) in [7, 11) is -2.21. The summed E-state index contributed by atoms with van der Waals surface area (Å²) in [6.45, 7) is 2.20. The van der Waals surface area contributed by atoms with Crippen molar-refractivity contribution in [1.82, 2.24) is 0 Å². The molecule has 134 valence electrons. The van der Waals surface area contributed by atoms with Crippen LogP contribution in [0.5, 0.6) is 0 Å². The molecule has 0 fully saturated rings. The average molecular weight is 369 g/mol. The van der Waals surface area contributed by atoms with E-state index in [4.69, 9.17) is 9.47 Å². The van der Waals surface area contributed by atoms with Crippen LogP contribution in [-0.4, -0.2) is 40.7 Å². The van der Waals surface area contributed by atoms with Crippen molar-refractivity contribution in [1.29, 1.82) is 0 Å². The zero-order valence-electron chi connectivity index (χ0n) is 12.5. The van der Waals surface area contributed by atoms with Gasteiger partial charge in [-0.3, -0.25) is 19.1 Å². The van der Waals surface area contributed by atoms with Crippen LogP contribution in [0, 0.1) is 10.1 Å². The lowest BCUT2D eigenvalue weighted by Crippen LogP contribution is -2.18. The van der Waals surface area contributed by atoms with E-state index in [1.165, 1.54) is 0 Å². The van der Waals surface area contributed by atoms with E-state index in [0.717, 1.165) is 6.07 Å². The minimum absolute atomic E-state index is 0.0843. The topological polar surface area (TPSA) is 95.7 Å². The number of hydrogen-bond acceptors (Lipinski definition) is 6. The zero-order chi connectivity index (χ0) is 18.3. The van der Waals surface area contributed by atoms with Crippen molar-refractivity contribution in [2.24, 2.45) is 0 Å². The lowest BCUT2D eigenvalue weighted by atomic mass is 10.2. The second kappa shape index (κ2) is 8.73. The number of nitrogens with zero attached hydrogens (tertiary/aromatic N) is 1. The molecular formula is C13H14F3NO6S. The number of alkyl halides is 3. The molecule has 0 aliphatic heterocycles. The van der Waals surface area contributed by atoms with Crippen LogP contribution >= 0.6 is 0 Å². The Morgan fingerprint density at radius 2 is 2.00 bits per heavy atom. The first-order valence-electron chi connectivity index (χ1n) is 6.64. The highest BCUT2D eigenvalue weighted by atomic mass is 32.2. The summed E-state index contributed by atoms with van der Waals surface area (Å²) in [6.07, 6.45) is -4.77. The van der Waals surface area contributed by atoms with E-state index in [1.54, 1.807) is 6.92 Å².